The molecule has 0 aliphatic rings. The van der Waals surface area contributed by atoms with Crippen molar-refractivity contribution in [1.82, 2.24) is 5.32 Å². The molecule has 0 fully saturated rings. The second kappa shape index (κ2) is 9.54. The zero-order valence-corrected chi connectivity index (χ0v) is 19.2. The Balaban J connectivity index is 1.88. The van der Waals surface area contributed by atoms with E-state index in [4.69, 9.17) is 11.6 Å². The highest BCUT2D eigenvalue weighted by Crippen LogP contribution is 2.25. The number of nitrogens with zero attached hydrogens (tertiary/aromatic N) is 1. The Labute approximate surface area is 188 Å². The Morgan fingerprint density at radius 1 is 1.00 bits per heavy atom. The largest absolute Gasteiger partial charge is 0.348 e. The number of nitrogens with one attached hydrogen (secondary N) is 1. The number of rotatable bonds is 7. The first kappa shape index (κ1) is 22.8. The van der Waals surface area contributed by atoms with E-state index >= 15 is 0 Å². The molecular weight excluding hydrogens is 432 g/mol. The summed E-state index contributed by atoms with van der Waals surface area (Å²) in [6, 6.07) is 20.2. The fraction of sp³-hybridized carbons (Fsp3) is 0.208. The second-order valence-electron chi connectivity index (χ2n) is 7.45. The molecule has 0 saturated carbocycles. The van der Waals surface area contributed by atoms with Gasteiger partial charge in [-0.25, -0.2) is 8.42 Å². The van der Waals surface area contributed by atoms with Gasteiger partial charge in [0.05, 0.1) is 16.6 Å². The molecule has 3 aromatic rings. The topological polar surface area (TPSA) is 66.5 Å². The van der Waals surface area contributed by atoms with Crippen molar-refractivity contribution in [3.8, 4) is 0 Å². The standard InChI is InChI=1S/C24H25ClN2O3S/c1-17-9-14-23(18(2)15-17)19(3)26-24(28)16-27(21-12-10-20(25)11-13-21)31(29,30)22-7-5-4-6-8-22/h4-15,19H,16H2,1-3H3,(H,26,28)/t19-/m1/s1. The van der Waals surface area contributed by atoms with E-state index in [-0.39, 0.29) is 17.5 Å². The fourth-order valence-electron chi connectivity index (χ4n) is 3.45. The quantitative estimate of drug-likeness (QED) is 0.542. The molecule has 1 amide bonds. The van der Waals surface area contributed by atoms with Crippen molar-refractivity contribution in [3.05, 3.63) is 94.5 Å². The Bertz CT molecular complexity index is 1160. The summed E-state index contributed by atoms with van der Waals surface area (Å²) in [5.41, 5.74) is 3.56. The zero-order valence-electron chi connectivity index (χ0n) is 17.7. The maximum absolute atomic E-state index is 13.3. The molecule has 0 saturated heterocycles. The van der Waals surface area contributed by atoms with Gasteiger partial charge in [-0.05, 0) is 68.3 Å². The lowest BCUT2D eigenvalue weighted by Gasteiger charge is -2.25. The lowest BCUT2D eigenvalue weighted by Crippen LogP contribution is -2.41. The van der Waals surface area contributed by atoms with Crippen LogP contribution in [0.5, 0.6) is 0 Å². The maximum Gasteiger partial charge on any atom is 0.264 e. The predicted octanol–water partition coefficient (Wildman–Crippen LogP) is 5.03. The van der Waals surface area contributed by atoms with Crippen LogP contribution >= 0.6 is 11.6 Å². The monoisotopic (exact) mass is 456 g/mol. The molecule has 0 heterocycles. The highest BCUT2D eigenvalue weighted by Gasteiger charge is 2.27. The fourth-order valence-corrected chi connectivity index (χ4v) is 5.02. The summed E-state index contributed by atoms with van der Waals surface area (Å²) in [5, 5.41) is 3.40. The lowest BCUT2D eigenvalue weighted by molar-refractivity contribution is -0.120. The molecule has 0 radical (unpaired) electrons. The van der Waals surface area contributed by atoms with Crippen molar-refractivity contribution in [2.45, 2.75) is 31.7 Å². The van der Waals surface area contributed by atoms with Gasteiger partial charge < -0.3 is 5.32 Å². The number of benzene rings is 3. The number of sulfonamides is 1. The van der Waals surface area contributed by atoms with Gasteiger partial charge in [0.2, 0.25) is 5.91 Å². The maximum atomic E-state index is 13.3. The lowest BCUT2D eigenvalue weighted by atomic mass is 10.0. The molecule has 0 spiro atoms. The van der Waals surface area contributed by atoms with Gasteiger partial charge in [-0.1, -0.05) is 53.6 Å². The third kappa shape index (κ3) is 5.46. The first-order chi connectivity index (χ1) is 14.7. The number of amides is 1. The molecule has 0 aromatic heterocycles. The van der Waals surface area contributed by atoms with E-state index in [2.05, 4.69) is 11.4 Å². The van der Waals surface area contributed by atoms with E-state index in [0.717, 1.165) is 21.0 Å². The summed E-state index contributed by atoms with van der Waals surface area (Å²) in [4.78, 5) is 13.0. The SMILES string of the molecule is Cc1ccc([C@@H](C)NC(=O)CN(c2ccc(Cl)cc2)S(=O)(=O)c2ccccc2)c(C)c1. The number of carbonyl (C=O) groups excluding carboxylic acids is 1. The van der Waals surface area contributed by atoms with Gasteiger partial charge in [0.1, 0.15) is 6.54 Å². The molecular formula is C24H25ClN2O3S. The van der Waals surface area contributed by atoms with E-state index in [1.54, 1.807) is 42.5 Å². The molecule has 3 aromatic carbocycles. The summed E-state index contributed by atoms with van der Waals surface area (Å²) < 4.78 is 27.7. The number of hydrogen-bond acceptors (Lipinski definition) is 3. The molecule has 5 nitrogen and oxygen atoms in total. The van der Waals surface area contributed by atoms with Gasteiger partial charge in [0, 0.05) is 5.02 Å². The molecule has 162 valence electrons. The van der Waals surface area contributed by atoms with Crippen molar-refractivity contribution < 1.29 is 13.2 Å². The van der Waals surface area contributed by atoms with E-state index in [1.807, 2.05) is 32.9 Å². The Kier molecular flexibility index (Phi) is 7.03. The Hall–Kier alpha value is -2.83. The third-order valence-electron chi connectivity index (χ3n) is 5.00. The summed E-state index contributed by atoms with van der Waals surface area (Å²) in [6.45, 7) is 5.53. The Morgan fingerprint density at radius 2 is 1.65 bits per heavy atom. The number of aryl methyl sites for hydroxylation is 2. The van der Waals surface area contributed by atoms with Crippen LogP contribution in [0.1, 0.15) is 29.7 Å². The molecule has 0 aliphatic heterocycles. The van der Waals surface area contributed by atoms with Crippen molar-refractivity contribution >= 4 is 33.2 Å². The second-order valence-corrected chi connectivity index (χ2v) is 9.75. The highest BCUT2D eigenvalue weighted by atomic mass is 35.5. The van der Waals surface area contributed by atoms with Crippen molar-refractivity contribution in [2.75, 3.05) is 10.8 Å². The smallest absolute Gasteiger partial charge is 0.264 e. The molecule has 1 atom stereocenters. The summed E-state index contributed by atoms with van der Waals surface area (Å²) in [6.07, 6.45) is 0. The van der Waals surface area contributed by atoms with Gasteiger partial charge in [-0.3, -0.25) is 9.10 Å². The predicted molar refractivity (Wildman–Crippen MR) is 125 cm³/mol. The number of hydrogen-bond donors (Lipinski definition) is 1. The van der Waals surface area contributed by atoms with E-state index in [1.165, 1.54) is 12.1 Å². The van der Waals surface area contributed by atoms with E-state index in [9.17, 15) is 13.2 Å². The minimum atomic E-state index is -3.95. The van der Waals surface area contributed by atoms with Crippen LogP contribution < -0.4 is 9.62 Å². The van der Waals surface area contributed by atoms with Gasteiger partial charge in [-0.2, -0.15) is 0 Å². The van der Waals surface area contributed by atoms with E-state index in [0.29, 0.717) is 10.7 Å². The average molecular weight is 457 g/mol. The first-order valence-corrected chi connectivity index (χ1v) is 11.7. The minimum absolute atomic E-state index is 0.111. The van der Waals surface area contributed by atoms with Crippen molar-refractivity contribution in [1.29, 1.82) is 0 Å². The summed E-state index contributed by atoms with van der Waals surface area (Å²) in [5.74, 6) is -0.401. The average Bonchev–Trinajstić information content (AvgIpc) is 2.73. The highest BCUT2D eigenvalue weighted by molar-refractivity contribution is 7.92. The van der Waals surface area contributed by atoms with Crippen LogP contribution in [0, 0.1) is 13.8 Å². The molecule has 1 N–H and O–H groups in total. The normalized spacial score (nSPS) is 12.3. The zero-order chi connectivity index (χ0) is 22.6. The van der Waals surface area contributed by atoms with Gasteiger partial charge in [0.15, 0.2) is 0 Å². The number of anilines is 1. The molecule has 7 heteroatoms. The van der Waals surface area contributed by atoms with Gasteiger partial charge in [-0.15, -0.1) is 0 Å². The van der Waals surface area contributed by atoms with Crippen LogP contribution in [0.3, 0.4) is 0 Å². The minimum Gasteiger partial charge on any atom is -0.348 e. The number of carbonyl (C=O) groups is 1. The van der Waals surface area contributed by atoms with Crippen molar-refractivity contribution in [3.63, 3.8) is 0 Å². The van der Waals surface area contributed by atoms with Crippen LogP contribution in [-0.2, 0) is 14.8 Å². The molecule has 0 bridgehead atoms. The Morgan fingerprint density at radius 3 is 2.26 bits per heavy atom. The van der Waals surface area contributed by atoms with Gasteiger partial charge >= 0.3 is 0 Å². The van der Waals surface area contributed by atoms with Crippen LogP contribution in [0.25, 0.3) is 0 Å². The van der Waals surface area contributed by atoms with Crippen LogP contribution in [0.4, 0.5) is 5.69 Å². The molecule has 0 unspecified atom stereocenters. The van der Waals surface area contributed by atoms with Crippen LogP contribution in [0.15, 0.2) is 77.7 Å². The molecule has 0 aliphatic carbocycles. The first-order valence-electron chi connectivity index (χ1n) is 9.88. The summed E-state index contributed by atoms with van der Waals surface area (Å²) >= 11 is 5.97. The molecule has 3 rings (SSSR count). The number of halogens is 1. The third-order valence-corrected chi connectivity index (χ3v) is 7.04. The molecule has 31 heavy (non-hydrogen) atoms. The van der Waals surface area contributed by atoms with E-state index < -0.39 is 15.9 Å². The van der Waals surface area contributed by atoms with Crippen LogP contribution in [-0.4, -0.2) is 20.9 Å². The van der Waals surface area contributed by atoms with Gasteiger partial charge in [0.25, 0.3) is 10.0 Å². The van der Waals surface area contributed by atoms with Crippen LogP contribution in [0.2, 0.25) is 5.02 Å². The van der Waals surface area contributed by atoms with Crippen molar-refractivity contribution in [2.24, 2.45) is 0 Å². The summed E-state index contributed by atoms with van der Waals surface area (Å²) in [7, 11) is -3.95.